The Kier molecular flexibility index (Phi) is 7.09. The second kappa shape index (κ2) is 9.73. The van der Waals surface area contributed by atoms with Gasteiger partial charge in [-0.25, -0.2) is 10.4 Å². The smallest absolute Gasteiger partial charge is 0.283 e. The van der Waals surface area contributed by atoms with Crippen LogP contribution in [0.3, 0.4) is 0 Å². The first kappa shape index (κ1) is 21.1. The maximum absolute atomic E-state index is 12.3. The molecule has 0 unspecified atom stereocenters. The number of hydrogen-bond acceptors (Lipinski definition) is 6. The maximum Gasteiger partial charge on any atom is 0.283 e. The van der Waals surface area contributed by atoms with Crippen molar-refractivity contribution < 1.29 is 9.53 Å². The molecule has 0 aliphatic carbocycles. The molecule has 6 nitrogen and oxygen atoms in total. The Bertz CT molecular complexity index is 1030. The Morgan fingerprint density at radius 1 is 1.28 bits per heavy atom. The first-order valence-electron chi connectivity index (χ1n) is 8.72. The van der Waals surface area contributed by atoms with Crippen LogP contribution < -0.4 is 15.9 Å². The minimum Gasteiger partial charge on any atom is -0.489 e. The van der Waals surface area contributed by atoms with Crippen LogP contribution in [-0.4, -0.2) is 17.1 Å². The fraction of sp³-hybridized carbons (Fsp3) is 0.150. The average Bonchev–Trinajstić information content (AvgIpc) is 3.09. The van der Waals surface area contributed by atoms with Crippen LogP contribution in [0.2, 0.25) is 10.0 Å². The number of nitrogens with zero attached hydrogens (tertiary/aromatic N) is 2. The number of anilines is 1. The van der Waals surface area contributed by atoms with Crippen molar-refractivity contribution in [3.63, 3.8) is 0 Å². The van der Waals surface area contributed by atoms with Gasteiger partial charge < -0.3 is 10.5 Å². The topological polar surface area (TPSA) is 89.6 Å². The van der Waals surface area contributed by atoms with E-state index < -0.39 is 0 Å². The highest BCUT2D eigenvalue weighted by Crippen LogP contribution is 2.26. The van der Waals surface area contributed by atoms with Gasteiger partial charge in [0.25, 0.3) is 5.91 Å². The fourth-order valence-electron chi connectivity index (χ4n) is 2.51. The van der Waals surface area contributed by atoms with Gasteiger partial charge in [0, 0.05) is 15.6 Å². The van der Waals surface area contributed by atoms with E-state index in [2.05, 4.69) is 15.5 Å². The molecule has 1 heterocycles. The molecule has 9 heteroatoms. The van der Waals surface area contributed by atoms with E-state index >= 15 is 0 Å². The summed E-state index contributed by atoms with van der Waals surface area (Å²) in [5.74, 6) is 0.285. The Morgan fingerprint density at radius 3 is 2.72 bits per heavy atom. The lowest BCUT2D eigenvalue weighted by molar-refractivity contribution is 0.0958. The number of carbonyl (C=O) groups is 1. The predicted octanol–water partition coefficient (Wildman–Crippen LogP) is 4.94. The summed E-state index contributed by atoms with van der Waals surface area (Å²) in [7, 11) is 0. The van der Waals surface area contributed by atoms with Crippen LogP contribution in [0.1, 0.15) is 33.4 Å². The number of aromatic nitrogens is 1. The molecule has 3 aromatic rings. The van der Waals surface area contributed by atoms with Crippen molar-refractivity contribution >= 4 is 51.8 Å². The van der Waals surface area contributed by atoms with Gasteiger partial charge in [-0.3, -0.25) is 4.79 Å². The monoisotopic (exact) mass is 448 g/mol. The second-order valence-corrected chi connectivity index (χ2v) is 7.79. The van der Waals surface area contributed by atoms with E-state index in [-0.39, 0.29) is 12.5 Å². The van der Waals surface area contributed by atoms with E-state index in [4.69, 9.17) is 33.7 Å². The molecule has 1 aromatic heterocycles. The molecule has 0 saturated heterocycles. The van der Waals surface area contributed by atoms with Crippen molar-refractivity contribution in [2.45, 2.75) is 20.0 Å². The second-order valence-electron chi connectivity index (χ2n) is 5.94. The zero-order chi connectivity index (χ0) is 20.8. The van der Waals surface area contributed by atoms with Gasteiger partial charge >= 0.3 is 0 Å². The summed E-state index contributed by atoms with van der Waals surface area (Å²) in [6.07, 6.45) is 2.15. The minimum absolute atomic E-state index is 0.239. The first-order chi connectivity index (χ1) is 14.0. The Hall–Kier alpha value is -2.61. The third-order valence-corrected chi connectivity index (χ3v) is 5.57. The Balaban J connectivity index is 1.63. The number of aryl methyl sites for hydroxylation is 1. The van der Waals surface area contributed by atoms with Crippen LogP contribution >= 0.6 is 34.5 Å². The number of ether oxygens (including phenoxy) is 1. The molecule has 0 saturated carbocycles. The largest absolute Gasteiger partial charge is 0.489 e. The number of nitrogens with two attached hydrogens (primary N) is 1. The molecule has 0 atom stereocenters. The lowest BCUT2D eigenvalue weighted by atomic mass is 10.2. The van der Waals surface area contributed by atoms with Crippen LogP contribution in [0.25, 0.3) is 0 Å². The zero-order valence-electron chi connectivity index (χ0n) is 15.5. The average molecular weight is 449 g/mol. The molecule has 0 spiro atoms. The third-order valence-electron chi connectivity index (χ3n) is 3.94. The highest BCUT2D eigenvalue weighted by atomic mass is 35.5. The van der Waals surface area contributed by atoms with Gasteiger partial charge in [0.15, 0.2) is 5.13 Å². The van der Waals surface area contributed by atoms with Gasteiger partial charge in [0.1, 0.15) is 17.2 Å². The SMILES string of the molecule is CCc1nc(N)sc1C(=O)N/N=C/c1cccc(OCc2c(Cl)cccc2Cl)c1. The van der Waals surface area contributed by atoms with E-state index in [1.807, 2.05) is 25.1 Å². The van der Waals surface area contributed by atoms with Crippen molar-refractivity contribution in [2.75, 3.05) is 5.73 Å². The molecule has 29 heavy (non-hydrogen) atoms. The van der Waals surface area contributed by atoms with Crippen LogP contribution in [-0.2, 0) is 13.0 Å². The Morgan fingerprint density at radius 2 is 2.00 bits per heavy atom. The van der Waals surface area contributed by atoms with Gasteiger partial charge in [-0.05, 0) is 36.2 Å². The summed E-state index contributed by atoms with van der Waals surface area (Å²) in [4.78, 5) is 16.9. The van der Waals surface area contributed by atoms with Crippen LogP contribution in [0.4, 0.5) is 5.13 Å². The van der Waals surface area contributed by atoms with E-state index in [9.17, 15) is 4.79 Å². The molecule has 0 radical (unpaired) electrons. The first-order valence-corrected chi connectivity index (χ1v) is 10.3. The number of carbonyl (C=O) groups excluding carboxylic acids is 1. The molecule has 150 valence electrons. The molecule has 3 N–H and O–H groups in total. The summed E-state index contributed by atoms with van der Waals surface area (Å²) >= 11 is 13.5. The maximum atomic E-state index is 12.3. The quantitative estimate of drug-likeness (QED) is 0.395. The molecular formula is C20H18Cl2N4O2S. The highest BCUT2D eigenvalue weighted by Gasteiger charge is 2.15. The number of rotatable bonds is 7. The van der Waals surface area contributed by atoms with Crippen molar-refractivity contribution in [1.82, 2.24) is 10.4 Å². The lowest BCUT2D eigenvalue weighted by Gasteiger charge is -2.09. The van der Waals surface area contributed by atoms with Gasteiger partial charge in [-0.15, -0.1) is 0 Å². The van der Waals surface area contributed by atoms with Gasteiger partial charge in [0.05, 0.1) is 11.9 Å². The fourth-order valence-corrected chi connectivity index (χ4v) is 3.83. The van der Waals surface area contributed by atoms with Crippen LogP contribution in [0.15, 0.2) is 47.6 Å². The summed E-state index contributed by atoms with van der Waals surface area (Å²) in [6.45, 7) is 2.15. The van der Waals surface area contributed by atoms with Crippen molar-refractivity contribution in [3.05, 3.63) is 74.2 Å². The minimum atomic E-state index is -0.340. The number of thiazole rings is 1. The molecule has 0 aliphatic heterocycles. The number of hydrazone groups is 1. The number of amides is 1. The number of halogens is 2. The number of benzene rings is 2. The number of nitrogens with one attached hydrogen (secondary N) is 1. The van der Waals surface area contributed by atoms with Gasteiger partial charge in [-0.1, -0.05) is 59.7 Å². The molecule has 0 bridgehead atoms. The van der Waals surface area contributed by atoms with E-state index in [1.165, 1.54) is 6.21 Å². The third kappa shape index (κ3) is 5.47. The van der Waals surface area contributed by atoms with Crippen molar-refractivity contribution in [2.24, 2.45) is 5.10 Å². The van der Waals surface area contributed by atoms with Crippen molar-refractivity contribution in [3.8, 4) is 5.75 Å². The van der Waals surface area contributed by atoms with Crippen LogP contribution in [0.5, 0.6) is 5.75 Å². The molecule has 0 aliphatic rings. The molecule has 2 aromatic carbocycles. The molecule has 1 amide bonds. The summed E-state index contributed by atoms with van der Waals surface area (Å²) in [5, 5.41) is 5.46. The lowest BCUT2D eigenvalue weighted by Crippen LogP contribution is -2.17. The summed E-state index contributed by atoms with van der Waals surface area (Å²) in [5.41, 5.74) is 10.3. The molecule has 3 rings (SSSR count). The molecule has 0 fully saturated rings. The molecular weight excluding hydrogens is 431 g/mol. The standard InChI is InChI=1S/C20H18Cl2N4O2S/c1-2-17-18(29-20(23)25-17)19(27)26-24-10-12-5-3-6-13(9-12)28-11-14-15(21)7-4-8-16(14)22/h3-10H,2,11H2,1H3,(H2,23,25)(H,26,27)/b24-10+. The number of nitrogen functional groups attached to an aromatic ring is 1. The van der Waals surface area contributed by atoms with Crippen LogP contribution in [0, 0.1) is 0 Å². The summed E-state index contributed by atoms with van der Waals surface area (Å²) in [6, 6.07) is 12.6. The van der Waals surface area contributed by atoms with E-state index in [0.29, 0.717) is 37.9 Å². The normalized spacial score (nSPS) is 11.0. The summed E-state index contributed by atoms with van der Waals surface area (Å²) < 4.78 is 5.79. The van der Waals surface area contributed by atoms with Gasteiger partial charge in [0.2, 0.25) is 0 Å². The van der Waals surface area contributed by atoms with E-state index in [0.717, 1.165) is 22.5 Å². The van der Waals surface area contributed by atoms with E-state index in [1.54, 1.807) is 24.3 Å². The van der Waals surface area contributed by atoms with Crippen molar-refractivity contribution in [1.29, 1.82) is 0 Å². The zero-order valence-corrected chi connectivity index (χ0v) is 17.8. The predicted molar refractivity (Wildman–Crippen MR) is 118 cm³/mol. The number of hydrogen-bond donors (Lipinski definition) is 2. The van der Waals surface area contributed by atoms with Gasteiger partial charge in [-0.2, -0.15) is 5.10 Å². The highest BCUT2D eigenvalue weighted by molar-refractivity contribution is 7.17. The Labute approximate surface area is 182 Å².